The van der Waals surface area contributed by atoms with Crippen LogP contribution in [0.15, 0.2) is 69.6 Å². The van der Waals surface area contributed by atoms with Crippen molar-refractivity contribution in [2.45, 2.75) is 0 Å². The van der Waals surface area contributed by atoms with E-state index in [1.165, 1.54) is 5.01 Å². The fourth-order valence-electron chi connectivity index (χ4n) is 2.68. The molecule has 0 amide bonds. The summed E-state index contributed by atoms with van der Waals surface area (Å²) >= 11 is 6.64. The number of anilines is 3. The molecule has 3 aromatic rings. The van der Waals surface area contributed by atoms with Crippen LogP contribution in [0.25, 0.3) is 0 Å². The molecule has 11 nitrogen and oxygen atoms in total. The van der Waals surface area contributed by atoms with Crippen LogP contribution in [0.2, 0.25) is 0 Å². The highest BCUT2D eigenvalue weighted by molar-refractivity contribution is 9.10. The molecule has 31 heavy (non-hydrogen) atoms. The molecule has 158 valence electrons. The molecule has 0 radical (unpaired) electrons. The Morgan fingerprint density at radius 2 is 1.06 bits per heavy atom. The molecule has 0 aromatic heterocycles. The first-order valence-corrected chi connectivity index (χ1v) is 9.95. The van der Waals surface area contributed by atoms with E-state index in [9.17, 15) is 30.3 Å². The van der Waals surface area contributed by atoms with Crippen LogP contribution in [0, 0.1) is 30.3 Å². The van der Waals surface area contributed by atoms with Gasteiger partial charge in [-0.15, -0.1) is 0 Å². The second kappa shape index (κ2) is 9.06. The third-order valence-corrected chi connectivity index (χ3v) is 5.14. The third-order valence-electron chi connectivity index (χ3n) is 4.08. The van der Waals surface area contributed by atoms with Crippen LogP contribution in [-0.2, 0) is 0 Å². The lowest BCUT2D eigenvalue weighted by atomic mass is 10.2. The van der Waals surface area contributed by atoms with Crippen molar-refractivity contribution in [1.29, 1.82) is 0 Å². The Labute approximate surface area is 191 Å². The van der Waals surface area contributed by atoms with Crippen molar-refractivity contribution < 1.29 is 14.8 Å². The third kappa shape index (κ3) is 4.95. The monoisotopic (exact) mass is 551 g/mol. The lowest BCUT2D eigenvalue weighted by Gasteiger charge is -2.26. The maximum Gasteiger partial charge on any atom is 0.308 e. The van der Waals surface area contributed by atoms with E-state index in [-0.39, 0.29) is 0 Å². The van der Waals surface area contributed by atoms with Gasteiger partial charge in [-0.3, -0.25) is 40.8 Å². The number of halogens is 2. The van der Waals surface area contributed by atoms with Crippen molar-refractivity contribution >= 4 is 66.0 Å². The van der Waals surface area contributed by atoms with Crippen molar-refractivity contribution in [3.63, 3.8) is 0 Å². The highest BCUT2D eigenvalue weighted by atomic mass is 79.9. The van der Waals surface area contributed by atoms with Gasteiger partial charge in [-0.1, -0.05) is 31.9 Å². The summed E-state index contributed by atoms with van der Waals surface area (Å²) in [5.41, 5.74) is 0.861. The SMILES string of the molecule is O=[N+]([O-])c1cc([N+](=O)[O-])c(NN(c2ccc(Br)cc2)c2ccc(Br)cc2)c([N+](=O)[O-])c1. The number of nitrogens with zero attached hydrogens (tertiary/aromatic N) is 4. The van der Waals surface area contributed by atoms with Gasteiger partial charge in [0.05, 0.1) is 38.3 Å². The summed E-state index contributed by atoms with van der Waals surface area (Å²) in [5.74, 6) is 0. The van der Waals surface area contributed by atoms with E-state index < -0.39 is 37.5 Å². The van der Waals surface area contributed by atoms with E-state index in [0.29, 0.717) is 23.5 Å². The number of hydrogen-bond donors (Lipinski definition) is 1. The first-order valence-electron chi connectivity index (χ1n) is 8.36. The first kappa shape index (κ1) is 22.1. The average molecular weight is 553 g/mol. The first-order chi connectivity index (χ1) is 14.7. The summed E-state index contributed by atoms with van der Waals surface area (Å²) in [6, 6.07) is 15.0. The Hall–Kier alpha value is -3.58. The minimum Gasteiger partial charge on any atom is -0.282 e. The molecule has 0 aliphatic heterocycles. The number of hydrogen-bond acceptors (Lipinski definition) is 8. The number of rotatable bonds is 7. The fraction of sp³-hybridized carbons (Fsp3) is 0. The van der Waals surface area contributed by atoms with Gasteiger partial charge in [-0.2, -0.15) is 0 Å². The number of non-ortho nitro benzene ring substituents is 1. The van der Waals surface area contributed by atoms with E-state index in [0.717, 1.165) is 8.95 Å². The van der Waals surface area contributed by atoms with Gasteiger partial charge in [-0.05, 0) is 48.5 Å². The molecular weight excluding hydrogens is 542 g/mol. The fourth-order valence-corrected chi connectivity index (χ4v) is 3.20. The molecule has 0 spiro atoms. The van der Waals surface area contributed by atoms with Gasteiger partial charge >= 0.3 is 11.4 Å². The Morgan fingerprint density at radius 3 is 1.39 bits per heavy atom. The Morgan fingerprint density at radius 1 is 0.677 bits per heavy atom. The summed E-state index contributed by atoms with van der Waals surface area (Å²) in [5, 5.41) is 35.7. The van der Waals surface area contributed by atoms with Gasteiger partial charge in [0.1, 0.15) is 0 Å². The van der Waals surface area contributed by atoms with Crippen molar-refractivity contribution in [3.05, 3.63) is 100.0 Å². The summed E-state index contributed by atoms with van der Waals surface area (Å²) < 4.78 is 1.55. The van der Waals surface area contributed by atoms with Crippen LogP contribution in [0.4, 0.5) is 34.1 Å². The van der Waals surface area contributed by atoms with E-state index >= 15 is 0 Å². The number of nitro groups is 3. The highest BCUT2D eigenvalue weighted by Crippen LogP contribution is 2.40. The van der Waals surface area contributed by atoms with Gasteiger partial charge in [-0.25, -0.2) is 0 Å². The van der Waals surface area contributed by atoms with E-state index in [1.807, 2.05) is 0 Å². The molecule has 0 aliphatic carbocycles. The molecule has 3 aromatic carbocycles. The van der Waals surface area contributed by atoms with Crippen molar-refractivity contribution in [1.82, 2.24) is 0 Å². The lowest BCUT2D eigenvalue weighted by molar-refractivity contribution is -0.401. The van der Waals surface area contributed by atoms with Crippen molar-refractivity contribution in [2.24, 2.45) is 0 Å². The van der Waals surface area contributed by atoms with Gasteiger partial charge in [0.15, 0.2) is 0 Å². The largest absolute Gasteiger partial charge is 0.308 e. The summed E-state index contributed by atoms with van der Waals surface area (Å²) in [4.78, 5) is 31.6. The molecule has 0 saturated carbocycles. The zero-order chi connectivity index (χ0) is 22.7. The summed E-state index contributed by atoms with van der Waals surface area (Å²) in [7, 11) is 0. The second-order valence-corrected chi connectivity index (χ2v) is 7.86. The summed E-state index contributed by atoms with van der Waals surface area (Å²) in [6.07, 6.45) is 0. The molecule has 1 N–H and O–H groups in total. The normalized spacial score (nSPS) is 10.4. The minimum absolute atomic E-state index is 0.494. The topological polar surface area (TPSA) is 145 Å². The van der Waals surface area contributed by atoms with Gasteiger partial charge in [0.25, 0.3) is 5.69 Å². The molecule has 0 aliphatic rings. The van der Waals surface area contributed by atoms with Crippen LogP contribution >= 0.6 is 31.9 Å². The Bertz CT molecular complexity index is 1090. The Balaban J connectivity index is 2.21. The molecule has 0 fully saturated rings. The number of nitrogens with one attached hydrogen (secondary N) is 1. The minimum atomic E-state index is -0.926. The van der Waals surface area contributed by atoms with Crippen LogP contribution in [-0.4, -0.2) is 14.8 Å². The maximum atomic E-state index is 11.6. The van der Waals surface area contributed by atoms with Crippen molar-refractivity contribution in [3.8, 4) is 0 Å². The smallest absolute Gasteiger partial charge is 0.282 e. The van der Waals surface area contributed by atoms with Gasteiger partial charge < -0.3 is 0 Å². The van der Waals surface area contributed by atoms with E-state index in [2.05, 4.69) is 37.3 Å². The van der Waals surface area contributed by atoms with Crippen LogP contribution in [0.1, 0.15) is 0 Å². The van der Waals surface area contributed by atoms with Gasteiger partial charge in [0.2, 0.25) is 5.69 Å². The quantitative estimate of drug-likeness (QED) is 0.273. The standard InChI is InChI=1S/C18H11Br2N5O6/c19-11-1-5-13(6-2-11)22(14-7-3-12(20)4-8-14)21-18-16(24(28)29)9-15(23(26)27)10-17(18)25(30)31/h1-10,21H. The molecule has 0 atom stereocenters. The number of benzene rings is 3. The van der Waals surface area contributed by atoms with E-state index in [4.69, 9.17) is 0 Å². The molecule has 0 heterocycles. The summed E-state index contributed by atoms with van der Waals surface area (Å²) in [6.45, 7) is 0. The highest BCUT2D eigenvalue weighted by Gasteiger charge is 2.32. The molecule has 13 heteroatoms. The molecule has 0 saturated heterocycles. The van der Waals surface area contributed by atoms with E-state index in [1.54, 1.807) is 48.5 Å². The van der Waals surface area contributed by atoms with Gasteiger partial charge in [0, 0.05) is 8.95 Å². The molecule has 0 bridgehead atoms. The maximum absolute atomic E-state index is 11.6. The molecule has 0 unspecified atom stereocenters. The number of hydrazine groups is 1. The van der Waals surface area contributed by atoms with Crippen molar-refractivity contribution in [2.75, 3.05) is 10.4 Å². The predicted molar refractivity (Wildman–Crippen MR) is 120 cm³/mol. The van der Waals surface area contributed by atoms with Crippen LogP contribution in [0.3, 0.4) is 0 Å². The molecule has 3 rings (SSSR count). The zero-order valence-electron chi connectivity index (χ0n) is 15.3. The predicted octanol–water partition coefficient (Wildman–Crippen LogP) is 6.10. The lowest BCUT2D eigenvalue weighted by Crippen LogP contribution is -2.25. The zero-order valence-corrected chi connectivity index (χ0v) is 18.4. The van der Waals surface area contributed by atoms with Crippen LogP contribution in [0.5, 0.6) is 0 Å². The number of nitro benzene ring substituents is 3. The Kier molecular flexibility index (Phi) is 6.46. The van der Waals surface area contributed by atoms with Crippen LogP contribution < -0.4 is 10.4 Å². The molecular formula is C18H11Br2N5O6. The second-order valence-electron chi connectivity index (χ2n) is 6.03. The average Bonchev–Trinajstić information content (AvgIpc) is 2.72.